The third-order valence-electron chi connectivity index (χ3n) is 5.18. The predicted octanol–water partition coefficient (Wildman–Crippen LogP) is 4.34. The average molecular weight is 434 g/mol. The topological polar surface area (TPSA) is 94.5 Å². The van der Waals surface area contributed by atoms with Gasteiger partial charge in [-0.05, 0) is 56.0 Å². The van der Waals surface area contributed by atoms with E-state index in [4.69, 9.17) is 10.6 Å². The first-order chi connectivity index (χ1) is 15.2. The Kier molecular flexibility index (Phi) is 7.30. The van der Waals surface area contributed by atoms with Crippen LogP contribution >= 0.6 is 0 Å². The SMILES string of the molecule is Cc1cc(C)n(Cc2cccc(C(N)=NOC(C)C(=O)Nc3ccccc3C(C)C)c2)n1. The number of nitrogens with two attached hydrogens (primary N) is 1. The van der Waals surface area contributed by atoms with E-state index in [2.05, 4.69) is 29.4 Å². The molecule has 0 aliphatic carbocycles. The van der Waals surface area contributed by atoms with Crippen LogP contribution in [0, 0.1) is 13.8 Å². The van der Waals surface area contributed by atoms with E-state index in [1.165, 1.54) is 0 Å². The van der Waals surface area contributed by atoms with E-state index in [-0.39, 0.29) is 17.7 Å². The molecule has 1 aromatic heterocycles. The van der Waals surface area contributed by atoms with Gasteiger partial charge < -0.3 is 15.9 Å². The van der Waals surface area contributed by atoms with Crippen molar-refractivity contribution in [3.8, 4) is 0 Å². The second kappa shape index (κ2) is 10.1. The highest BCUT2D eigenvalue weighted by atomic mass is 16.6. The zero-order chi connectivity index (χ0) is 23.3. The number of carbonyl (C=O) groups is 1. The van der Waals surface area contributed by atoms with Crippen molar-refractivity contribution in [2.45, 2.75) is 53.2 Å². The molecule has 0 fully saturated rings. The molecule has 0 aliphatic rings. The highest BCUT2D eigenvalue weighted by Gasteiger charge is 2.17. The molecular formula is C25H31N5O2. The summed E-state index contributed by atoms with van der Waals surface area (Å²) < 4.78 is 1.94. The number of aryl methyl sites for hydroxylation is 2. The Bertz CT molecular complexity index is 1120. The fraction of sp³-hybridized carbons (Fsp3) is 0.320. The summed E-state index contributed by atoms with van der Waals surface area (Å²) in [4.78, 5) is 18.0. The monoisotopic (exact) mass is 433 g/mol. The quantitative estimate of drug-likeness (QED) is 0.314. The summed E-state index contributed by atoms with van der Waals surface area (Å²) in [7, 11) is 0. The molecule has 0 radical (unpaired) electrons. The van der Waals surface area contributed by atoms with Gasteiger partial charge in [0.1, 0.15) is 0 Å². The molecular weight excluding hydrogens is 402 g/mol. The van der Waals surface area contributed by atoms with Crippen LogP contribution in [0.3, 0.4) is 0 Å². The van der Waals surface area contributed by atoms with E-state index < -0.39 is 6.10 Å². The van der Waals surface area contributed by atoms with Crippen LogP contribution in [0.15, 0.2) is 59.8 Å². The lowest BCUT2D eigenvalue weighted by Crippen LogP contribution is -2.28. The summed E-state index contributed by atoms with van der Waals surface area (Å²) in [6.45, 7) is 10.4. The van der Waals surface area contributed by atoms with Crippen LogP contribution in [0.25, 0.3) is 0 Å². The van der Waals surface area contributed by atoms with Gasteiger partial charge in [-0.2, -0.15) is 5.10 Å². The van der Waals surface area contributed by atoms with Gasteiger partial charge in [0.15, 0.2) is 5.84 Å². The number of amides is 1. The molecule has 168 valence electrons. The molecule has 3 N–H and O–H groups in total. The predicted molar refractivity (Wildman–Crippen MR) is 128 cm³/mol. The minimum atomic E-state index is -0.799. The van der Waals surface area contributed by atoms with Crippen LogP contribution in [0.1, 0.15) is 54.8 Å². The van der Waals surface area contributed by atoms with Crippen LogP contribution in [-0.2, 0) is 16.2 Å². The van der Waals surface area contributed by atoms with Crippen molar-refractivity contribution in [3.63, 3.8) is 0 Å². The highest BCUT2D eigenvalue weighted by molar-refractivity contribution is 5.97. The molecule has 1 atom stereocenters. The van der Waals surface area contributed by atoms with Crippen LogP contribution in [-0.4, -0.2) is 27.6 Å². The van der Waals surface area contributed by atoms with E-state index in [0.29, 0.717) is 6.54 Å². The Morgan fingerprint density at radius 2 is 1.88 bits per heavy atom. The second-order valence-electron chi connectivity index (χ2n) is 8.24. The number of nitrogens with zero attached hydrogens (tertiary/aromatic N) is 3. The fourth-order valence-corrected chi connectivity index (χ4v) is 3.42. The number of amidine groups is 1. The van der Waals surface area contributed by atoms with E-state index in [1.807, 2.05) is 73.1 Å². The molecule has 1 unspecified atom stereocenters. The number of nitrogens with one attached hydrogen (secondary N) is 1. The highest BCUT2D eigenvalue weighted by Crippen LogP contribution is 2.23. The molecule has 1 amide bonds. The van der Waals surface area contributed by atoms with Crippen molar-refractivity contribution in [1.29, 1.82) is 0 Å². The summed E-state index contributed by atoms with van der Waals surface area (Å²) in [5, 5.41) is 11.4. The van der Waals surface area contributed by atoms with Gasteiger partial charge >= 0.3 is 0 Å². The second-order valence-corrected chi connectivity index (χ2v) is 8.24. The summed E-state index contributed by atoms with van der Waals surface area (Å²) in [6.07, 6.45) is -0.799. The summed E-state index contributed by atoms with van der Waals surface area (Å²) in [5.41, 5.74) is 11.8. The molecule has 3 aromatic rings. The molecule has 3 rings (SSSR count). The summed E-state index contributed by atoms with van der Waals surface area (Å²) >= 11 is 0. The average Bonchev–Trinajstić information content (AvgIpc) is 3.08. The Balaban J connectivity index is 1.65. The zero-order valence-electron chi connectivity index (χ0n) is 19.3. The molecule has 0 bridgehead atoms. The molecule has 32 heavy (non-hydrogen) atoms. The lowest BCUT2D eigenvalue weighted by molar-refractivity contribution is -0.126. The van der Waals surface area contributed by atoms with Crippen LogP contribution in [0.2, 0.25) is 0 Å². The van der Waals surface area contributed by atoms with Gasteiger partial charge in [-0.1, -0.05) is 55.4 Å². The van der Waals surface area contributed by atoms with Gasteiger partial charge in [0, 0.05) is 16.9 Å². The fourth-order valence-electron chi connectivity index (χ4n) is 3.42. The number of hydrogen-bond acceptors (Lipinski definition) is 4. The smallest absolute Gasteiger partial charge is 0.267 e. The van der Waals surface area contributed by atoms with Crippen molar-refractivity contribution in [2.24, 2.45) is 10.9 Å². The molecule has 1 heterocycles. The van der Waals surface area contributed by atoms with Gasteiger partial charge in [-0.25, -0.2) is 0 Å². The number of carbonyl (C=O) groups excluding carboxylic acids is 1. The first kappa shape index (κ1) is 23.1. The lowest BCUT2D eigenvalue weighted by atomic mass is 10.0. The van der Waals surface area contributed by atoms with E-state index in [1.54, 1.807) is 6.92 Å². The summed E-state index contributed by atoms with van der Waals surface area (Å²) in [5.74, 6) is 0.216. The number of benzene rings is 2. The van der Waals surface area contributed by atoms with Crippen molar-refractivity contribution in [3.05, 3.63) is 82.7 Å². The first-order valence-electron chi connectivity index (χ1n) is 10.7. The van der Waals surface area contributed by atoms with E-state index in [0.717, 1.165) is 33.8 Å². The molecule has 0 spiro atoms. The molecule has 7 nitrogen and oxygen atoms in total. The Morgan fingerprint density at radius 3 is 2.56 bits per heavy atom. The van der Waals surface area contributed by atoms with Gasteiger partial charge in [-0.15, -0.1) is 0 Å². The number of rotatable bonds is 8. The number of oxime groups is 1. The Morgan fingerprint density at radius 1 is 1.12 bits per heavy atom. The minimum absolute atomic E-state index is 0.211. The third kappa shape index (κ3) is 5.75. The largest absolute Gasteiger partial charge is 0.381 e. The van der Waals surface area contributed by atoms with Crippen molar-refractivity contribution >= 4 is 17.4 Å². The molecule has 2 aromatic carbocycles. The van der Waals surface area contributed by atoms with Gasteiger partial charge in [0.25, 0.3) is 5.91 Å². The van der Waals surface area contributed by atoms with Crippen LogP contribution in [0.4, 0.5) is 5.69 Å². The standard InChI is InChI=1S/C25H31N5O2/c1-16(2)22-11-6-7-12-23(22)27-25(31)19(5)32-29-24(26)21-10-8-9-20(14-21)15-30-18(4)13-17(3)28-30/h6-14,16,19H,15H2,1-5H3,(H2,26,29)(H,27,31). The lowest BCUT2D eigenvalue weighted by Gasteiger charge is -2.16. The van der Waals surface area contributed by atoms with Crippen molar-refractivity contribution in [2.75, 3.05) is 5.32 Å². The van der Waals surface area contributed by atoms with Gasteiger partial charge in [-0.3, -0.25) is 9.48 Å². The minimum Gasteiger partial charge on any atom is -0.381 e. The normalized spacial score (nSPS) is 12.6. The molecule has 7 heteroatoms. The van der Waals surface area contributed by atoms with E-state index >= 15 is 0 Å². The van der Waals surface area contributed by atoms with Gasteiger partial charge in [0.05, 0.1) is 12.2 Å². The number of anilines is 1. The van der Waals surface area contributed by atoms with E-state index in [9.17, 15) is 4.79 Å². The molecule has 0 saturated heterocycles. The maximum Gasteiger partial charge on any atom is 0.267 e. The van der Waals surface area contributed by atoms with Crippen molar-refractivity contribution < 1.29 is 9.63 Å². The van der Waals surface area contributed by atoms with Gasteiger partial charge in [0.2, 0.25) is 6.10 Å². The molecule has 0 saturated carbocycles. The Hall–Kier alpha value is -3.61. The maximum atomic E-state index is 12.6. The zero-order valence-corrected chi connectivity index (χ0v) is 19.3. The number of aromatic nitrogens is 2. The first-order valence-corrected chi connectivity index (χ1v) is 10.7. The number of hydrogen-bond donors (Lipinski definition) is 2. The maximum absolute atomic E-state index is 12.6. The molecule has 0 aliphatic heterocycles. The number of para-hydroxylation sites is 1. The van der Waals surface area contributed by atoms with Crippen LogP contribution in [0.5, 0.6) is 0 Å². The van der Waals surface area contributed by atoms with Crippen LogP contribution < -0.4 is 11.1 Å². The summed E-state index contributed by atoms with van der Waals surface area (Å²) in [6, 6.07) is 17.5. The third-order valence-corrected chi connectivity index (χ3v) is 5.18. The Labute approximate surface area is 189 Å². The van der Waals surface area contributed by atoms with Crippen molar-refractivity contribution in [1.82, 2.24) is 9.78 Å².